The monoisotopic (exact) mass is 794 g/mol. The van der Waals surface area contributed by atoms with E-state index in [4.69, 9.17) is 14.2 Å². The summed E-state index contributed by atoms with van der Waals surface area (Å²) in [6.07, 6.45) is 51.4. The molecule has 0 saturated carbocycles. The van der Waals surface area contributed by atoms with Gasteiger partial charge in [0, 0.05) is 19.3 Å². The quantitative estimate of drug-likeness (QED) is 0.0267. The van der Waals surface area contributed by atoms with Gasteiger partial charge in [-0.25, -0.2) is 0 Å². The number of rotatable bonds is 37. The van der Waals surface area contributed by atoms with Gasteiger partial charge in [-0.05, 0) is 57.8 Å². The van der Waals surface area contributed by atoms with E-state index in [9.17, 15) is 19.5 Å². The summed E-state index contributed by atoms with van der Waals surface area (Å²) in [4.78, 5) is 36.8. The lowest BCUT2D eigenvalue weighted by molar-refractivity contribution is -0.889. The molecule has 0 aliphatic heterocycles. The molecule has 0 rings (SSSR count). The van der Waals surface area contributed by atoms with Crippen molar-refractivity contribution >= 4 is 17.9 Å². The van der Waals surface area contributed by atoms with Gasteiger partial charge in [-0.1, -0.05) is 162 Å². The maximum atomic E-state index is 12.7. The molecule has 0 N–H and O–H groups in total. The van der Waals surface area contributed by atoms with Crippen molar-refractivity contribution in [3.8, 4) is 0 Å². The van der Waals surface area contributed by atoms with Crippen LogP contribution in [0.1, 0.15) is 142 Å². The number of quaternary nitrogens is 1. The molecule has 8 nitrogen and oxygen atoms in total. The first-order chi connectivity index (χ1) is 27.6. The molecular weight excluding hydrogens is 715 g/mol. The van der Waals surface area contributed by atoms with Crippen molar-refractivity contribution in [2.24, 2.45) is 0 Å². The Hall–Kier alpha value is -3.75. The van der Waals surface area contributed by atoms with Crippen LogP contribution in [0.3, 0.4) is 0 Å². The Morgan fingerprint density at radius 3 is 1.47 bits per heavy atom. The Bertz CT molecular complexity index is 1250. The van der Waals surface area contributed by atoms with Crippen LogP contribution in [0.5, 0.6) is 0 Å². The molecule has 0 aliphatic carbocycles. The van der Waals surface area contributed by atoms with Crippen molar-refractivity contribution in [1.29, 1.82) is 0 Å². The second kappa shape index (κ2) is 39.1. The molecule has 0 bridgehead atoms. The van der Waals surface area contributed by atoms with Crippen LogP contribution in [0.4, 0.5) is 0 Å². The average molecular weight is 794 g/mol. The Labute approximate surface area is 347 Å². The molecule has 0 aliphatic rings. The molecule has 0 saturated heterocycles. The lowest BCUT2D eigenvalue weighted by Crippen LogP contribution is -2.55. The highest BCUT2D eigenvalue weighted by Gasteiger charge is 2.25. The maximum Gasteiger partial charge on any atom is 0.306 e. The van der Waals surface area contributed by atoms with Crippen molar-refractivity contribution in [3.05, 3.63) is 97.2 Å². The maximum absolute atomic E-state index is 12.7. The minimum atomic E-state index is -1.14. The molecular formula is C49H79NO7. The summed E-state index contributed by atoms with van der Waals surface area (Å²) in [5.74, 6) is -1.83. The van der Waals surface area contributed by atoms with Gasteiger partial charge in [-0.15, -0.1) is 0 Å². The van der Waals surface area contributed by atoms with E-state index in [0.717, 1.165) is 70.6 Å². The van der Waals surface area contributed by atoms with E-state index in [1.165, 1.54) is 32.1 Å². The Balaban J connectivity index is 4.50. The van der Waals surface area contributed by atoms with E-state index in [1.54, 1.807) is 21.1 Å². The molecule has 322 valence electrons. The number of aliphatic carboxylic acids is 1. The number of carboxylic acids is 1. The molecule has 0 spiro atoms. The van der Waals surface area contributed by atoms with Crippen LogP contribution in [-0.4, -0.2) is 75.5 Å². The molecule has 0 aromatic heterocycles. The van der Waals surface area contributed by atoms with E-state index < -0.39 is 18.1 Å². The van der Waals surface area contributed by atoms with Crippen LogP contribution in [-0.2, 0) is 28.6 Å². The van der Waals surface area contributed by atoms with Gasteiger partial charge in [0.2, 0.25) is 0 Å². The first-order valence-corrected chi connectivity index (χ1v) is 21.9. The summed E-state index contributed by atoms with van der Waals surface area (Å²) in [7, 11) is 5.37. The first kappa shape index (κ1) is 53.2. The number of nitrogens with zero attached hydrogens (tertiary/aromatic N) is 1. The third kappa shape index (κ3) is 37.6. The van der Waals surface area contributed by atoms with Gasteiger partial charge in [0.05, 0.1) is 40.3 Å². The molecule has 0 amide bonds. The topological polar surface area (TPSA) is 102 Å². The number of esters is 2. The van der Waals surface area contributed by atoms with Crippen LogP contribution in [0, 0.1) is 0 Å². The van der Waals surface area contributed by atoms with Crippen molar-refractivity contribution in [3.63, 3.8) is 0 Å². The van der Waals surface area contributed by atoms with Gasteiger partial charge in [0.1, 0.15) is 12.6 Å². The predicted molar refractivity (Wildman–Crippen MR) is 235 cm³/mol. The average Bonchev–Trinajstić information content (AvgIpc) is 3.17. The largest absolute Gasteiger partial charge is 0.544 e. The van der Waals surface area contributed by atoms with Gasteiger partial charge in [-0.3, -0.25) is 9.59 Å². The molecule has 2 atom stereocenters. The molecule has 57 heavy (non-hydrogen) atoms. The van der Waals surface area contributed by atoms with Gasteiger partial charge in [-0.2, -0.15) is 0 Å². The Kier molecular flexibility index (Phi) is 36.5. The molecule has 0 heterocycles. The number of hydrogen-bond acceptors (Lipinski definition) is 7. The zero-order chi connectivity index (χ0) is 42.1. The molecule has 8 heteroatoms. The summed E-state index contributed by atoms with van der Waals surface area (Å²) in [6.45, 7) is 4.41. The second-order valence-electron chi connectivity index (χ2n) is 15.4. The number of hydrogen-bond donors (Lipinski definition) is 0. The summed E-state index contributed by atoms with van der Waals surface area (Å²) in [6, 6.07) is -0.742. The molecule has 0 aromatic carbocycles. The number of carbonyl (C=O) groups excluding carboxylic acids is 3. The van der Waals surface area contributed by atoms with E-state index in [1.807, 2.05) is 48.6 Å². The number of carbonyl (C=O) groups is 3. The van der Waals surface area contributed by atoms with E-state index >= 15 is 0 Å². The van der Waals surface area contributed by atoms with Crippen LogP contribution in [0.15, 0.2) is 97.2 Å². The van der Waals surface area contributed by atoms with Crippen LogP contribution in [0.2, 0.25) is 0 Å². The summed E-state index contributed by atoms with van der Waals surface area (Å²) in [5.41, 5.74) is 0. The lowest BCUT2D eigenvalue weighted by Gasteiger charge is -2.34. The summed E-state index contributed by atoms with van der Waals surface area (Å²) < 4.78 is 17.1. The fourth-order valence-corrected chi connectivity index (χ4v) is 5.74. The fourth-order valence-electron chi connectivity index (χ4n) is 5.74. The predicted octanol–water partition coefficient (Wildman–Crippen LogP) is 10.6. The van der Waals surface area contributed by atoms with Gasteiger partial charge in [0.25, 0.3) is 0 Å². The second-order valence-corrected chi connectivity index (χ2v) is 15.4. The zero-order valence-corrected chi connectivity index (χ0v) is 36.5. The molecule has 0 fully saturated rings. The van der Waals surface area contributed by atoms with Crippen LogP contribution in [0.25, 0.3) is 0 Å². The molecule has 2 unspecified atom stereocenters. The highest BCUT2D eigenvalue weighted by Crippen LogP contribution is 2.12. The lowest BCUT2D eigenvalue weighted by atomic mass is 10.1. The third-order valence-corrected chi connectivity index (χ3v) is 9.14. The highest BCUT2D eigenvalue weighted by atomic mass is 16.6. The Morgan fingerprint density at radius 2 is 0.982 bits per heavy atom. The number of allylic oxidation sites excluding steroid dienone is 16. The Morgan fingerprint density at radius 1 is 0.544 bits per heavy atom. The van der Waals surface area contributed by atoms with Crippen molar-refractivity contribution in [2.75, 3.05) is 41.0 Å². The molecule has 0 aromatic rings. The SMILES string of the molecule is CC/C=C/C=C/C=C/C=C/C=C/CCCCCC(=O)OCC(COCCC(C(=O)[O-])[N+](C)(C)C)OC(=O)CCCCCCC/C=C/C=C/C=C/CCCCCCC. The normalized spacial score (nSPS) is 13.9. The standard InChI is InChI=1S/C49H79NO7/c1-6-8-10-12-14-16-18-20-22-23-24-26-28-30-32-34-36-38-40-48(52)57-45(43-55-42-41-46(49(53)54)50(3,4)5)44-56-47(51)39-37-35-33-31-29-27-25-21-19-17-15-13-11-9-7-2/h9,11,13,15,17-27,29,45-46H,6-8,10,12,14,16,28,30-44H2,1-5H3/b11-9+,15-13+,19-17+,20-18+,23-22+,25-21+,26-24+,29-27+. The zero-order valence-electron chi connectivity index (χ0n) is 36.5. The van der Waals surface area contributed by atoms with Gasteiger partial charge < -0.3 is 28.6 Å². The van der Waals surface area contributed by atoms with E-state index in [0.29, 0.717) is 6.42 Å². The van der Waals surface area contributed by atoms with Gasteiger partial charge in [0.15, 0.2) is 6.10 Å². The summed E-state index contributed by atoms with van der Waals surface area (Å²) >= 11 is 0. The number of unbranched alkanes of at least 4 members (excludes halogenated alkanes) is 13. The van der Waals surface area contributed by atoms with Crippen molar-refractivity contribution < 1.29 is 38.2 Å². The van der Waals surface area contributed by atoms with E-state index in [2.05, 4.69) is 62.5 Å². The fraction of sp³-hybridized carbons (Fsp3) is 0.612. The van der Waals surface area contributed by atoms with Crippen LogP contribution >= 0.6 is 0 Å². The molecule has 0 radical (unpaired) electrons. The van der Waals surface area contributed by atoms with Crippen molar-refractivity contribution in [1.82, 2.24) is 0 Å². The number of ether oxygens (including phenoxy) is 3. The van der Waals surface area contributed by atoms with E-state index in [-0.39, 0.29) is 55.5 Å². The minimum absolute atomic E-state index is 0.0115. The number of likely N-dealkylation sites (N-methyl/N-ethyl adjacent to an activating group) is 1. The first-order valence-electron chi connectivity index (χ1n) is 21.9. The van der Waals surface area contributed by atoms with Gasteiger partial charge >= 0.3 is 11.9 Å². The highest BCUT2D eigenvalue weighted by molar-refractivity contribution is 5.70. The smallest absolute Gasteiger partial charge is 0.306 e. The number of carboxylic acid groups (broad SMARTS) is 1. The minimum Gasteiger partial charge on any atom is -0.544 e. The summed E-state index contributed by atoms with van der Waals surface area (Å²) in [5, 5.41) is 11.6. The third-order valence-electron chi connectivity index (χ3n) is 9.14. The van der Waals surface area contributed by atoms with Crippen molar-refractivity contribution in [2.45, 2.75) is 154 Å². The van der Waals surface area contributed by atoms with Crippen LogP contribution < -0.4 is 5.11 Å².